The van der Waals surface area contributed by atoms with Gasteiger partial charge in [0, 0.05) is 11.9 Å². The highest BCUT2D eigenvalue weighted by Crippen LogP contribution is 2.30. The van der Waals surface area contributed by atoms with Crippen molar-refractivity contribution >= 4 is 23.1 Å². The first-order valence-electron chi connectivity index (χ1n) is 6.04. The summed E-state index contributed by atoms with van der Waals surface area (Å²) in [5, 5.41) is 12.5. The summed E-state index contributed by atoms with van der Waals surface area (Å²) >= 11 is 6.14. The number of anilines is 2. The molecule has 1 aromatic carbocycles. The number of halogens is 1. The van der Waals surface area contributed by atoms with E-state index in [4.69, 9.17) is 16.9 Å². The number of nitriles is 1. The van der Waals surface area contributed by atoms with Gasteiger partial charge in [0.2, 0.25) is 0 Å². The van der Waals surface area contributed by atoms with Gasteiger partial charge in [0.15, 0.2) is 5.82 Å². The van der Waals surface area contributed by atoms with Crippen LogP contribution in [-0.4, -0.2) is 4.98 Å². The van der Waals surface area contributed by atoms with E-state index in [9.17, 15) is 0 Å². The third-order valence-electron chi connectivity index (χ3n) is 2.85. The Morgan fingerprint density at radius 1 is 1.26 bits per heavy atom. The molecule has 1 N–H and O–H groups in total. The van der Waals surface area contributed by atoms with E-state index >= 15 is 0 Å². The number of nitrogens with one attached hydrogen (secondary N) is 1. The first kappa shape index (κ1) is 13.4. The highest BCUT2D eigenvalue weighted by Gasteiger charge is 2.10. The molecule has 0 fully saturated rings. The molecule has 0 saturated heterocycles. The molecule has 0 bridgehead atoms. The molecule has 96 valence electrons. The summed E-state index contributed by atoms with van der Waals surface area (Å²) in [5.41, 5.74) is 2.56. The number of hydrogen-bond acceptors (Lipinski definition) is 3. The number of benzene rings is 1. The Kier molecular flexibility index (Phi) is 4.03. The van der Waals surface area contributed by atoms with E-state index in [-0.39, 0.29) is 0 Å². The van der Waals surface area contributed by atoms with Crippen LogP contribution in [0.4, 0.5) is 11.5 Å². The van der Waals surface area contributed by atoms with Crippen LogP contribution in [-0.2, 0) is 0 Å². The van der Waals surface area contributed by atoms with Crippen LogP contribution < -0.4 is 5.32 Å². The number of aromatic nitrogens is 1. The van der Waals surface area contributed by atoms with E-state index in [0.29, 0.717) is 22.3 Å². The maximum absolute atomic E-state index is 8.96. The predicted octanol–water partition coefficient (Wildman–Crippen LogP) is 4.47. The fraction of sp³-hybridized carbons (Fsp3) is 0.200. The highest BCUT2D eigenvalue weighted by atomic mass is 35.5. The van der Waals surface area contributed by atoms with Gasteiger partial charge in [0.1, 0.15) is 11.1 Å². The average Bonchev–Trinajstić information content (AvgIpc) is 2.41. The Morgan fingerprint density at radius 3 is 2.68 bits per heavy atom. The zero-order valence-electron chi connectivity index (χ0n) is 10.8. The predicted molar refractivity (Wildman–Crippen MR) is 77.8 cm³/mol. The van der Waals surface area contributed by atoms with Crippen LogP contribution in [0.15, 0.2) is 36.5 Å². The van der Waals surface area contributed by atoms with E-state index < -0.39 is 0 Å². The molecule has 1 heterocycles. The summed E-state index contributed by atoms with van der Waals surface area (Å²) in [6.07, 6.45) is 1.57. The second kappa shape index (κ2) is 5.73. The van der Waals surface area contributed by atoms with Crippen LogP contribution in [0.2, 0.25) is 5.02 Å². The van der Waals surface area contributed by atoms with Crippen molar-refractivity contribution in [1.29, 1.82) is 5.26 Å². The Hall–Kier alpha value is -2.05. The molecule has 1 aromatic heterocycles. The quantitative estimate of drug-likeness (QED) is 0.896. The zero-order valence-corrected chi connectivity index (χ0v) is 11.6. The molecule has 0 spiro atoms. The van der Waals surface area contributed by atoms with Gasteiger partial charge in [-0.05, 0) is 23.6 Å². The van der Waals surface area contributed by atoms with Crippen molar-refractivity contribution in [2.45, 2.75) is 19.8 Å². The maximum atomic E-state index is 8.96. The van der Waals surface area contributed by atoms with Crippen molar-refractivity contribution < 1.29 is 0 Å². The number of para-hydroxylation sites is 1. The third-order valence-corrected chi connectivity index (χ3v) is 3.23. The van der Waals surface area contributed by atoms with Gasteiger partial charge < -0.3 is 5.32 Å². The van der Waals surface area contributed by atoms with Gasteiger partial charge in [-0.2, -0.15) is 5.26 Å². The SMILES string of the molecule is CC(C)c1ccccc1Nc1nccc(C#N)c1Cl. The van der Waals surface area contributed by atoms with Crippen molar-refractivity contribution in [3.05, 3.63) is 52.7 Å². The second-order valence-corrected chi connectivity index (χ2v) is 4.88. The van der Waals surface area contributed by atoms with Crippen LogP contribution in [0.25, 0.3) is 0 Å². The monoisotopic (exact) mass is 271 g/mol. The molecule has 0 radical (unpaired) electrons. The topological polar surface area (TPSA) is 48.7 Å². The normalized spacial score (nSPS) is 10.3. The lowest BCUT2D eigenvalue weighted by atomic mass is 10.0. The minimum atomic E-state index is 0.351. The minimum absolute atomic E-state index is 0.351. The van der Waals surface area contributed by atoms with Crippen molar-refractivity contribution in [2.24, 2.45) is 0 Å². The Bertz CT molecular complexity index is 630. The summed E-state index contributed by atoms with van der Waals surface area (Å²) in [5.74, 6) is 0.899. The van der Waals surface area contributed by atoms with Crippen LogP contribution >= 0.6 is 11.6 Å². The fourth-order valence-corrected chi connectivity index (χ4v) is 2.06. The number of rotatable bonds is 3. The Morgan fingerprint density at radius 2 is 2.00 bits per heavy atom. The second-order valence-electron chi connectivity index (χ2n) is 4.50. The molecule has 3 nitrogen and oxygen atoms in total. The van der Waals surface area contributed by atoms with Gasteiger partial charge in [0.25, 0.3) is 0 Å². The van der Waals surface area contributed by atoms with Crippen LogP contribution in [0.1, 0.15) is 30.9 Å². The highest BCUT2D eigenvalue weighted by molar-refractivity contribution is 6.34. The molecule has 0 aliphatic heterocycles. The smallest absolute Gasteiger partial charge is 0.150 e. The molecule has 0 unspecified atom stereocenters. The third kappa shape index (κ3) is 2.86. The van der Waals surface area contributed by atoms with Gasteiger partial charge in [0.05, 0.1) is 5.56 Å². The Balaban J connectivity index is 2.40. The molecule has 0 aliphatic carbocycles. The zero-order chi connectivity index (χ0) is 13.8. The first-order chi connectivity index (χ1) is 9.13. The lowest BCUT2D eigenvalue weighted by Crippen LogP contribution is -2.00. The average molecular weight is 272 g/mol. The summed E-state index contributed by atoms with van der Waals surface area (Å²) in [6.45, 7) is 4.25. The largest absolute Gasteiger partial charge is 0.339 e. The summed E-state index contributed by atoms with van der Waals surface area (Å²) < 4.78 is 0. The van der Waals surface area contributed by atoms with Crippen LogP contribution in [0, 0.1) is 11.3 Å². The van der Waals surface area contributed by atoms with Crippen molar-refractivity contribution in [2.75, 3.05) is 5.32 Å². The lowest BCUT2D eigenvalue weighted by molar-refractivity contribution is 0.869. The number of nitrogens with zero attached hydrogens (tertiary/aromatic N) is 2. The molecule has 2 aromatic rings. The molecule has 0 atom stereocenters. The lowest BCUT2D eigenvalue weighted by Gasteiger charge is -2.14. The molecule has 0 aliphatic rings. The van der Waals surface area contributed by atoms with Crippen molar-refractivity contribution in [1.82, 2.24) is 4.98 Å². The summed E-state index contributed by atoms with van der Waals surface area (Å²) in [7, 11) is 0. The summed E-state index contributed by atoms with van der Waals surface area (Å²) in [4.78, 5) is 4.19. The van der Waals surface area contributed by atoms with E-state index in [1.54, 1.807) is 12.3 Å². The van der Waals surface area contributed by atoms with E-state index in [1.165, 1.54) is 5.56 Å². The standard InChI is InChI=1S/C15H14ClN3/c1-10(2)12-5-3-4-6-13(12)19-15-14(16)11(9-17)7-8-18-15/h3-8,10H,1-2H3,(H,18,19). The first-order valence-corrected chi connectivity index (χ1v) is 6.42. The molecule has 2 rings (SSSR count). The van der Waals surface area contributed by atoms with Gasteiger partial charge in [-0.3, -0.25) is 0 Å². The van der Waals surface area contributed by atoms with Crippen molar-refractivity contribution in [3.8, 4) is 6.07 Å². The summed E-state index contributed by atoms with van der Waals surface area (Å²) in [6, 6.07) is 11.6. The Labute approximate surface area is 117 Å². The molecular formula is C15H14ClN3. The van der Waals surface area contributed by atoms with Gasteiger partial charge in [-0.25, -0.2) is 4.98 Å². The number of hydrogen-bond donors (Lipinski definition) is 1. The van der Waals surface area contributed by atoms with Gasteiger partial charge in [-0.15, -0.1) is 0 Å². The van der Waals surface area contributed by atoms with Gasteiger partial charge in [-0.1, -0.05) is 43.6 Å². The molecule has 0 saturated carbocycles. The van der Waals surface area contributed by atoms with Gasteiger partial charge >= 0.3 is 0 Å². The van der Waals surface area contributed by atoms with Crippen molar-refractivity contribution in [3.63, 3.8) is 0 Å². The molecule has 19 heavy (non-hydrogen) atoms. The van der Waals surface area contributed by atoms with E-state index in [0.717, 1.165) is 5.69 Å². The number of pyridine rings is 1. The molecule has 0 amide bonds. The van der Waals surface area contributed by atoms with Crippen LogP contribution in [0.5, 0.6) is 0 Å². The van der Waals surface area contributed by atoms with E-state index in [2.05, 4.69) is 30.2 Å². The minimum Gasteiger partial charge on any atom is -0.339 e. The maximum Gasteiger partial charge on any atom is 0.150 e. The fourth-order valence-electron chi connectivity index (χ4n) is 1.86. The van der Waals surface area contributed by atoms with E-state index in [1.807, 2.05) is 24.3 Å². The molecular weight excluding hydrogens is 258 g/mol. The van der Waals surface area contributed by atoms with Crippen LogP contribution in [0.3, 0.4) is 0 Å². The molecule has 4 heteroatoms.